The summed E-state index contributed by atoms with van der Waals surface area (Å²) in [7, 11) is 1.58. The summed E-state index contributed by atoms with van der Waals surface area (Å²) in [5.74, 6) is -0.854. The van der Waals surface area contributed by atoms with Crippen LogP contribution in [-0.4, -0.2) is 27.5 Å². The maximum atomic E-state index is 13.1. The maximum Gasteiger partial charge on any atom is 0.267 e. The number of pyridine rings is 1. The minimum atomic E-state index is -0.538. The van der Waals surface area contributed by atoms with Gasteiger partial charge in [-0.1, -0.05) is 36.5 Å². The molecule has 0 bridgehead atoms. The summed E-state index contributed by atoms with van der Waals surface area (Å²) in [4.78, 5) is 27.3. The van der Waals surface area contributed by atoms with Crippen LogP contribution in [0, 0.1) is 0 Å². The summed E-state index contributed by atoms with van der Waals surface area (Å²) >= 11 is 4.94. The molecule has 0 radical (unpaired) electrons. The molecule has 0 unspecified atom stereocenters. The Balaban J connectivity index is 2.25. The molecule has 1 amide bonds. The van der Waals surface area contributed by atoms with Crippen LogP contribution in [0.5, 0.6) is 5.75 Å². The summed E-state index contributed by atoms with van der Waals surface area (Å²) in [5, 5.41) is 12.6. The quantitative estimate of drug-likeness (QED) is 0.720. The molecule has 26 heavy (non-hydrogen) atoms. The van der Waals surface area contributed by atoms with Gasteiger partial charge < -0.3 is 14.6 Å². The van der Waals surface area contributed by atoms with Crippen LogP contribution in [0.1, 0.15) is 22.8 Å². The number of anilines is 1. The lowest BCUT2D eigenvalue weighted by molar-refractivity contribution is 0.0984. The summed E-state index contributed by atoms with van der Waals surface area (Å²) in [6.07, 6.45) is 0. The van der Waals surface area contributed by atoms with Crippen LogP contribution in [0.4, 0.5) is 5.69 Å². The number of aromatic hydroxyl groups is 1. The van der Waals surface area contributed by atoms with Gasteiger partial charge in [-0.05, 0) is 36.8 Å². The van der Waals surface area contributed by atoms with Crippen LogP contribution < -0.4 is 10.5 Å². The number of aryl methyl sites for hydroxylation is 1. The number of nitrogens with zero attached hydrogens (tertiary/aromatic N) is 2. The number of aromatic nitrogens is 1. The lowest BCUT2D eigenvalue weighted by atomic mass is 10.1. The van der Waals surface area contributed by atoms with Crippen LogP contribution in [0.25, 0.3) is 10.9 Å². The second kappa shape index (κ2) is 7.09. The standard InChI is InChI=1S/C20H18N2O3S/c1-3-22(14-7-5-4-6-8-14)20(25)17-18(23)15-11-13(12-26)9-10-16(15)21(2)19(17)24/h4-12,23H,3H2,1-2H3. The molecule has 0 aliphatic carbocycles. The van der Waals surface area contributed by atoms with Crippen molar-refractivity contribution in [2.24, 2.45) is 7.05 Å². The molecular formula is C20H18N2O3S. The van der Waals surface area contributed by atoms with Crippen molar-refractivity contribution < 1.29 is 9.90 Å². The van der Waals surface area contributed by atoms with Gasteiger partial charge in [0.1, 0.15) is 11.3 Å². The summed E-state index contributed by atoms with van der Waals surface area (Å²) in [6.45, 7) is 2.18. The normalized spacial score (nSPS) is 10.7. The largest absolute Gasteiger partial charge is 0.506 e. The van der Waals surface area contributed by atoms with Crippen LogP contribution in [0.2, 0.25) is 0 Å². The van der Waals surface area contributed by atoms with E-state index >= 15 is 0 Å². The third-order valence-corrected chi connectivity index (χ3v) is 4.64. The van der Waals surface area contributed by atoms with Gasteiger partial charge in [0, 0.05) is 30.0 Å². The zero-order valence-corrected chi connectivity index (χ0v) is 15.3. The van der Waals surface area contributed by atoms with Gasteiger partial charge in [-0.2, -0.15) is 0 Å². The molecule has 0 saturated heterocycles. The van der Waals surface area contributed by atoms with Crippen LogP contribution in [0.15, 0.2) is 53.3 Å². The Bertz CT molecular complexity index is 1060. The second-order valence-corrected chi connectivity index (χ2v) is 6.10. The maximum absolute atomic E-state index is 13.1. The van der Waals surface area contributed by atoms with Gasteiger partial charge >= 0.3 is 0 Å². The molecule has 0 spiro atoms. The lowest BCUT2D eigenvalue weighted by Crippen LogP contribution is -2.36. The molecule has 132 valence electrons. The Kier molecular flexibility index (Phi) is 4.86. The van der Waals surface area contributed by atoms with E-state index in [2.05, 4.69) is 0 Å². The van der Waals surface area contributed by atoms with Crippen molar-refractivity contribution in [1.82, 2.24) is 4.57 Å². The fraction of sp³-hybridized carbons (Fsp3) is 0.150. The molecule has 0 atom stereocenters. The van der Waals surface area contributed by atoms with E-state index in [1.807, 2.05) is 25.1 Å². The number of rotatable bonds is 4. The molecule has 3 aromatic rings. The first kappa shape index (κ1) is 17.8. The number of hydrogen-bond donors (Lipinski definition) is 1. The zero-order chi connectivity index (χ0) is 18.8. The van der Waals surface area contributed by atoms with Crippen molar-refractivity contribution in [2.45, 2.75) is 6.92 Å². The minimum Gasteiger partial charge on any atom is -0.506 e. The third-order valence-electron chi connectivity index (χ3n) is 4.37. The third kappa shape index (κ3) is 2.88. The van der Waals surface area contributed by atoms with Crippen LogP contribution in [-0.2, 0) is 7.05 Å². The van der Waals surface area contributed by atoms with E-state index in [1.165, 1.54) is 14.8 Å². The van der Waals surface area contributed by atoms with Gasteiger partial charge in [0.25, 0.3) is 11.5 Å². The Labute approximate surface area is 156 Å². The lowest BCUT2D eigenvalue weighted by Gasteiger charge is -2.22. The molecule has 2 aromatic carbocycles. The van der Waals surface area contributed by atoms with E-state index in [4.69, 9.17) is 12.2 Å². The second-order valence-electron chi connectivity index (χ2n) is 5.87. The average molecular weight is 366 g/mol. The summed E-state index contributed by atoms with van der Waals surface area (Å²) in [6, 6.07) is 14.2. The van der Waals surface area contributed by atoms with E-state index in [0.717, 1.165) is 5.56 Å². The van der Waals surface area contributed by atoms with Crippen molar-refractivity contribution in [2.75, 3.05) is 11.4 Å². The predicted molar refractivity (Wildman–Crippen MR) is 107 cm³/mol. The van der Waals surface area contributed by atoms with E-state index in [1.54, 1.807) is 37.4 Å². The molecule has 1 heterocycles. The molecule has 0 aliphatic rings. The smallest absolute Gasteiger partial charge is 0.267 e. The fourth-order valence-corrected chi connectivity index (χ4v) is 3.15. The van der Waals surface area contributed by atoms with Crippen molar-refractivity contribution in [3.63, 3.8) is 0 Å². The SMILES string of the molecule is CCN(C(=O)c1c(O)c2cc(C=S)ccc2n(C)c1=O)c1ccccc1. The van der Waals surface area contributed by atoms with Gasteiger partial charge in [0.15, 0.2) is 0 Å². The molecule has 3 rings (SSSR count). The first-order valence-electron chi connectivity index (χ1n) is 8.17. The summed E-state index contributed by atoms with van der Waals surface area (Å²) in [5.41, 5.74) is 1.13. The topological polar surface area (TPSA) is 62.5 Å². The number of hydrogen-bond acceptors (Lipinski definition) is 4. The molecule has 1 aromatic heterocycles. The van der Waals surface area contributed by atoms with E-state index in [-0.39, 0.29) is 11.3 Å². The molecule has 5 nitrogen and oxygen atoms in total. The highest BCUT2D eigenvalue weighted by atomic mass is 32.1. The molecular weight excluding hydrogens is 348 g/mol. The minimum absolute atomic E-state index is 0.243. The Hall–Kier alpha value is -2.99. The summed E-state index contributed by atoms with van der Waals surface area (Å²) < 4.78 is 1.37. The highest BCUT2D eigenvalue weighted by molar-refractivity contribution is 7.79. The molecule has 0 saturated carbocycles. The Morgan fingerprint density at radius 2 is 1.92 bits per heavy atom. The highest BCUT2D eigenvalue weighted by Crippen LogP contribution is 2.28. The van der Waals surface area contributed by atoms with Gasteiger partial charge in [-0.3, -0.25) is 9.59 Å². The van der Waals surface area contributed by atoms with Crippen molar-refractivity contribution in [1.29, 1.82) is 0 Å². The Morgan fingerprint density at radius 3 is 2.54 bits per heavy atom. The van der Waals surface area contributed by atoms with Gasteiger partial charge in [0.05, 0.1) is 5.52 Å². The number of amides is 1. The van der Waals surface area contributed by atoms with E-state index in [9.17, 15) is 14.7 Å². The van der Waals surface area contributed by atoms with E-state index < -0.39 is 11.5 Å². The van der Waals surface area contributed by atoms with Gasteiger partial charge in [-0.15, -0.1) is 0 Å². The van der Waals surface area contributed by atoms with Crippen molar-refractivity contribution in [3.05, 3.63) is 70.0 Å². The van der Waals surface area contributed by atoms with Crippen molar-refractivity contribution in [3.8, 4) is 5.75 Å². The number of carbonyl (C=O) groups excluding carboxylic acids is 1. The first-order chi connectivity index (χ1) is 12.5. The molecule has 6 heteroatoms. The fourth-order valence-electron chi connectivity index (χ4n) is 3.00. The Morgan fingerprint density at radius 1 is 1.23 bits per heavy atom. The first-order valence-corrected chi connectivity index (χ1v) is 8.64. The van der Waals surface area contributed by atoms with E-state index in [0.29, 0.717) is 23.1 Å². The molecule has 0 aliphatic heterocycles. The predicted octanol–water partition coefficient (Wildman–Crippen LogP) is 3.26. The number of para-hydroxylation sites is 1. The van der Waals surface area contributed by atoms with Crippen molar-refractivity contribution >= 4 is 40.1 Å². The zero-order valence-electron chi connectivity index (χ0n) is 14.5. The number of thiocarbonyl (C=S) groups is 1. The van der Waals surface area contributed by atoms with Crippen LogP contribution >= 0.6 is 12.2 Å². The highest BCUT2D eigenvalue weighted by Gasteiger charge is 2.25. The van der Waals surface area contributed by atoms with Gasteiger partial charge in [0.2, 0.25) is 0 Å². The number of fused-ring (bicyclic) bond motifs is 1. The van der Waals surface area contributed by atoms with Gasteiger partial charge in [-0.25, -0.2) is 0 Å². The number of benzene rings is 2. The number of carbonyl (C=O) groups is 1. The monoisotopic (exact) mass is 366 g/mol. The molecule has 0 fully saturated rings. The molecule has 1 N–H and O–H groups in total. The average Bonchev–Trinajstić information content (AvgIpc) is 2.67. The van der Waals surface area contributed by atoms with Crippen LogP contribution in [0.3, 0.4) is 0 Å².